The van der Waals surface area contributed by atoms with Gasteiger partial charge in [0.1, 0.15) is 0 Å². The van der Waals surface area contributed by atoms with Gasteiger partial charge in [-0.3, -0.25) is 4.79 Å². The normalized spacial score (nSPS) is 23.5. The van der Waals surface area contributed by atoms with E-state index < -0.39 is 0 Å². The highest BCUT2D eigenvalue weighted by Gasteiger charge is 2.28. The number of amides is 1. The molecule has 1 aromatic carbocycles. The minimum absolute atomic E-state index is 0.161. The molecule has 1 atom stereocenters. The Balaban J connectivity index is 1.70. The third-order valence-corrected chi connectivity index (χ3v) is 3.74. The minimum atomic E-state index is 0.161. The first-order valence-corrected chi connectivity index (χ1v) is 7.03. The molecule has 3 rings (SSSR count). The maximum absolute atomic E-state index is 12.2. The third-order valence-electron chi connectivity index (χ3n) is 3.74. The van der Waals surface area contributed by atoms with Crippen LogP contribution in [0.4, 0.5) is 0 Å². The van der Waals surface area contributed by atoms with E-state index in [4.69, 9.17) is 0 Å². The number of carbonyl (C=O) groups excluding carboxylic acids is 1. The van der Waals surface area contributed by atoms with Crippen molar-refractivity contribution in [3.8, 4) is 0 Å². The standard InChI is InChI=1S/C18H18NO/c20-18-12-6-11-17(13-15-7-2-1-3-8-15)19(18)14-16-9-4-5-10-16/h1-11,17H,12-14H2/t17-/m1/s1. The molecule has 0 aromatic heterocycles. The number of hydrogen-bond acceptors (Lipinski definition) is 1. The van der Waals surface area contributed by atoms with E-state index in [1.165, 1.54) is 11.5 Å². The van der Waals surface area contributed by atoms with Crippen LogP contribution in [-0.4, -0.2) is 23.4 Å². The molecular formula is C18H18NO. The maximum Gasteiger partial charge on any atom is 0.226 e. The molecule has 1 fully saturated rings. The molecule has 0 bridgehead atoms. The molecule has 101 valence electrons. The number of rotatable bonds is 4. The Morgan fingerprint density at radius 3 is 2.60 bits per heavy atom. The van der Waals surface area contributed by atoms with Gasteiger partial charge in [0.15, 0.2) is 0 Å². The highest BCUT2D eigenvalue weighted by molar-refractivity contribution is 5.80. The first kappa shape index (κ1) is 13.4. The van der Waals surface area contributed by atoms with Crippen LogP contribution in [0.1, 0.15) is 12.0 Å². The van der Waals surface area contributed by atoms with Crippen molar-refractivity contribution < 1.29 is 4.79 Å². The molecule has 2 aliphatic rings. The summed E-state index contributed by atoms with van der Waals surface area (Å²) < 4.78 is 0. The van der Waals surface area contributed by atoms with Crippen LogP contribution in [0.5, 0.6) is 0 Å². The second-order valence-electron chi connectivity index (χ2n) is 5.20. The number of nitrogens with zero attached hydrogens (tertiary/aromatic N) is 1. The summed E-state index contributed by atoms with van der Waals surface area (Å²) in [5, 5.41) is 0. The molecule has 5 radical (unpaired) electrons. The Hall–Kier alpha value is -1.57. The van der Waals surface area contributed by atoms with E-state index in [0.29, 0.717) is 13.0 Å². The van der Waals surface area contributed by atoms with Crippen LogP contribution in [0.15, 0.2) is 42.5 Å². The third kappa shape index (κ3) is 3.12. The second-order valence-corrected chi connectivity index (χ2v) is 5.20. The van der Waals surface area contributed by atoms with Crippen molar-refractivity contribution in [1.82, 2.24) is 4.90 Å². The van der Waals surface area contributed by atoms with Gasteiger partial charge < -0.3 is 4.90 Å². The fourth-order valence-electron chi connectivity index (χ4n) is 2.69. The van der Waals surface area contributed by atoms with E-state index in [1.54, 1.807) is 0 Å². The van der Waals surface area contributed by atoms with Crippen LogP contribution >= 0.6 is 0 Å². The van der Waals surface area contributed by atoms with Crippen LogP contribution in [0.3, 0.4) is 0 Å². The molecule has 1 aliphatic carbocycles. The molecule has 1 heterocycles. The van der Waals surface area contributed by atoms with Crippen LogP contribution in [0.25, 0.3) is 0 Å². The van der Waals surface area contributed by atoms with Crippen molar-refractivity contribution in [2.24, 2.45) is 0 Å². The quantitative estimate of drug-likeness (QED) is 0.766. The van der Waals surface area contributed by atoms with Gasteiger partial charge in [0, 0.05) is 18.9 Å². The second kappa shape index (κ2) is 6.25. The molecular weight excluding hydrogens is 246 g/mol. The van der Waals surface area contributed by atoms with Gasteiger partial charge in [0.05, 0.1) is 6.04 Å². The predicted molar refractivity (Wildman–Crippen MR) is 79.8 cm³/mol. The van der Waals surface area contributed by atoms with Crippen molar-refractivity contribution in [3.05, 3.63) is 79.6 Å². The minimum Gasteiger partial charge on any atom is -0.335 e. The van der Waals surface area contributed by atoms with E-state index in [-0.39, 0.29) is 11.9 Å². The summed E-state index contributed by atoms with van der Waals surface area (Å²) in [6.07, 6.45) is 13.7. The van der Waals surface area contributed by atoms with Crippen molar-refractivity contribution in [2.75, 3.05) is 6.54 Å². The molecule has 0 spiro atoms. The SMILES string of the molecule is O=C1CC=C[C@H](Cc2ccccc2)N1C[C]1[CH][CH][CH][CH]1. The van der Waals surface area contributed by atoms with Gasteiger partial charge in [-0.25, -0.2) is 0 Å². The summed E-state index contributed by atoms with van der Waals surface area (Å²) in [7, 11) is 0. The molecule has 1 aliphatic heterocycles. The van der Waals surface area contributed by atoms with Gasteiger partial charge in [-0.2, -0.15) is 0 Å². The fourth-order valence-corrected chi connectivity index (χ4v) is 2.69. The van der Waals surface area contributed by atoms with Crippen molar-refractivity contribution in [2.45, 2.75) is 18.9 Å². The van der Waals surface area contributed by atoms with E-state index in [9.17, 15) is 4.79 Å². The lowest BCUT2D eigenvalue weighted by atomic mass is 9.98. The molecule has 2 heteroatoms. The highest BCUT2D eigenvalue weighted by Crippen LogP contribution is 2.27. The lowest BCUT2D eigenvalue weighted by Gasteiger charge is -2.34. The molecule has 0 unspecified atom stereocenters. The fraction of sp³-hybridized carbons (Fsp3) is 0.222. The molecule has 1 aromatic rings. The first-order valence-electron chi connectivity index (χ1n) is 7.03. The largest absolute Gasteiger partial charge is 0.335 e. The van der Waals surface area contributed by atoms with Crippen LogP contribution < -0.4 is 0 Å². The molecule has 2 nitrogen and oxygen atoms in total. The lowest BCUT2D eigenvalue weighted by molar-refractivity contribution is -0.132. The van der Waals surface area contributed by atoms with Gasteiger partial charge in [0.2, 0.25) is 5.91 Å². The monoisotopic (exact) mass is 264 g/mol. The van der Waals surface area contributed by atoms with Crippen LogP contribution in [0, 0.1) is 31.6 Å². The number of benzene rings is 1. The Kier molecular flexibility index (Phi) is 4.19. The average molecular weight is 264 g/mol. The summed E-state index contributed by atoms with van der Waals surface area (Å²) in [6.45, 7) is 0.702. The first-order chi connectivity index (χ1) is 9.83. The lowest BCUT2D eigenvalue weighted by Crippen LogP contribution is -2.44. The van der Waals surface area contributed by atoms with Gasteiger partial charge in [-0.1, -0.05) is 42.5 Å². The van der Waals surface area contributed by atoms with E-state index in [1.807, 2.05) is 42.0 Å². The summed E-state index contributed by atoms with van der Waals surface area (Å²) in [6, 6.07) is 10.5. The van der Waals surface area contributed by atoms with Gasteiger partial charge in [-0.05, 0) is 37.7 Å². The summed E-state index contributed by atoms with van der Waals surface area (Å²) in [5.41, 5.74) is 1.27. The Morgan fingerprint density at radius 1 is 1.10 bits per heavy atom. The van der Waals surface area contributed by atoms with Gasteiger partial charge >= 0.3 is 0 Å². The molecule has 1 saturated carbocycles. The Bertz CT molecular complexity index is 473. The zero-order valence-electron chi connectivity index (χ0n) is 11.4. The molecule has 0 saturated heterocycles. The number of hydrogen-bond donors (Lipinski definition) is 0. The molecule has 0 N–H and O–H groups in total. The smallest absolute Gasteiger partial charge is 0.226 e. The van der Waals surface area contributed by atoms with Crippen LogP contribution in [0.2, 0.25) is 0 Å². The molecule has 20 heavy (non-hydrogen) atoms. The number of carbonyl (C=O) groups is 1. The van der Waals surface area contributed by atoms with Crippen molar-refractivity contribution in [1.29, 1.82) is 0 Å². The zero-order chi connectivity index (χ0) is 13.8. The van der Waals surface area contributed by atoms with E-state index >= 15 is 0 Å². The topological polar surface area (TPSA) is 20.3 Å². The Labute approximate surface area is 121 Å². The van der Waals surface area contributed by atoms with Crippen molar-refractivity contribution in [3.63, 3.8) is 0 Å². The predicted octanol–water partition coefficient (Wildman–Crippen LogP) is 2.79. The van der Waals surface area contributed by atoms with Gasteiger partial charge in [0.25, 0.3) is 0 Å². The van der Waals surface area contributed by atoms with E-state index in [2.05, 4.69) is 31.1 Å². The summed E-state index contributed by atoms with van der Waals surface area (Å²) in [4.78, 5) is 14.2. The summed E-state index contributed by atoms with van der Waals surface area (Å²) in [5.74, 6) is 1.42. The van der Waals surface area contributed by atoms with E-state index in [0.717, 1.165) is 6.42 Å². The Morgan fingerprint density at radius 2 is 1.85 bits per heavy atom. The van der Waals surface area contributed by atoms with Crippen LogP contribution in [-0.2, 0) is 11.2 Å². The maximum atomic E-state index is 12.2. The summed E-state index contributed by atoms with van der Waals surface area (Å²) >= 11 is 0. The average Bonchev–Trinajstić information content (AvgIpc) is 2.97. The van der Waals surface area contributed by atoms with Gasteiger partial charge in [-0.15, -0.1) is 0 Å². The molecule has 1 amide bonds. The highest BCUT2D eigenvalue weighted by atomic mass is 16.2. The van der Waals surface area contributed by atoms with Crippen molar-refractivity contribution >= 4 is 5.91 Å². The zero-order valence-corrected chi connectivity index (χ0v) is 11.4.